The molecule has 156 valence electrons. The zero-order valence-corrected chi connectivity index (χ0v) is 18.3. The number of benzene rings is 2. The van der Waals surface area contributed by atoms with Crippen molar-refractivity contribution in [3.05, 3.63) is 80.7 Å². The predicted octanol–water partition coefficient (Wildman–Crippen LogP) is 6.73. The molecule has 0 atom stereocenters. The normalized spacial score (nSPS) is 11.0. The van der Waals surface area contributed by atoms with Gasteiger partial charge in [0.2, 0.25) is 0 Å². The van der Waals surface area contributed by atoms with Crippen molar-refractivity contribution in [2.24, 2.45) is 0 Å². The molecule has 0 saturated carbocycles. The Balaban J connectivity index is 1.65. The third-order valence-corrected chi connectivity index (χ3v) is 4.85. The Labute approximate surface area is 188 Å². The van der Waals surface area contributed by atoms with Crippen LogP contribution in [0.4, 0.5) is 0 Å². The van der Waals surface area contributed by atoms with Gasteiger partial charge in [-0.2, -0.15) is 0 Å². The highest BCUT2D eigenvalue weighted by atomic mass is 35.5. The van der Waals surface area contributed by atoms with E-state index in [9.17, 15) is 4.79 Å². The van der Waals surface area contributed by atoms with Crippen LogP contribution in [0.1, 0.15) is 21.9 Å². The number of halogens is 3. The molecule has 0 amide bonds. The highest BCUT2D eigenvalue weighted by Gasteiger charge is 2.11. The lowest BCUT2D eigenvalue weighted by Gasteiger charge is -2.09. The molecule has 0 radical (unpaired) electrons. The molecular formula is C22H17Cl3O5. The number of furan rings is 1. The van der Waals surface area contributed by atoms with Gasteiger partial charge in [0.1, 0.15) is 18.1 Å². The fourth-order valence-corrected chi connectivity index (χ4v) is 3.54. The molecular weight excluding hydrogens is 451 g/mol. The third-order valence-electron chi connectivity index (χ3n) is 4.07. The van der Waals surface area contributed by atoms with Crippen LogP contribution in [-0.4, -0.2) is 20.0 Å². The fourth-order valence-electron chi connectivity index (χ4n) is 2.62. The maximum atomic E-state index is 12.4. The van der Waals surface area contributed by atoms with Crippen molar-refractivity contribution >= 4 is 46.7 Å². The number of methoxy groups -OCH3 is 2. The van der Waals surface area contributed by atoms with Crippen LogP contribution in [-0.2, 0) is 6.61 Å². The summed E-state index contributed by atoms with van der Waals surface area (Å²) in [7, 11) is 3.05. The first-order chi connectivity index (χ1) is 14.4. The third kappa shape index (κ3) is 5.30. The van der Waals surface area contributed by atoms with Crippen molar-refractivity contribution in [1.82, 2.24) is 0 Å². The number of allylic oxidation sites excluding steroid dienone is 1. The van der Waals surface area contributed by atoms with Crippen LogP contribution in [0.2, 0.25) is 15.1 Å². The maximum absolute atomic E-state index is 12.4. The summed E-state index contributed by atoms with van der Waals surface area (Å²) in [6.45, 7) is 0.110. The van der Waals surface area contributed by atoms with Gasteiger partial charge in [0.15, 0.2) is 23.0 Å². The van der Waals surface area contributed by atoms with E-state index in [1.165, 1.54) is 20.3 Å². The van der Waals surface area contributed by atoms with Crippen molar-refractivity contribution in [2.75, 3.05) is 14.2 Å². The molecule has 3 aromatic rings. The van der Waals surface area contributed by atoms with Gasteiger partial charge in [-0.15, -0.1) is 0 Å². The van der Waals surface area contributed by atoms with Crippen LogP contribution in [0.5, 0.6) is 17.2 Å². The molecule has 1 aromatic heterocycles. The molecule has 2 aromatic carbocycles. The highest BCUT2D eigenvalue weighted by Crippen LogP contribution is 2.36. The molecule has 0 aliphatic heterocycles. The molecule has 8 heteroatoms. The van der Waals surface area contributed by atoms with E-state index in [-0.39, 0.29) is 12.4 Å². The quantitative estimate of drug-likeness (QED) is 0.271. The summed E-state index contributed by atoms with van der Waals surface area (Å²) >= 11 is 18.1. The van der Waals surface area contributed by atoms with Gasteiger partial charge in [0.05, 0.1) is 24.3 Å². The van der Waals surface area contributed by atoms with Gasteiger partial charge < -0.3 is 18.6 Å². The standard InChI is InChI=1S/C22H17Cl3O5/c1-27-20-8-3-13(9-21(20)28-2)19(26)7-6-15-4-5-16(30-15)12-29-22-17(24)10-14(23)11-18(22)25/h3-11H,12H2,1-2H3/b7-6+. The Bertz CT molecular complexity index is 1070. The summed E-state index contributed by atoms with van der Waals surface area (Å²) in [5, 5.41) is 1.03. The van der Waals surface area contributed by atoms with Gasteiger partial charge in [-0.3, -0.25) is 4.79 Å². The van der Waals surface area contributed by atoms with E-state index in [2.05, 4.69) is 0 Å². The Morgan fingerprint density at radius 2 is 1.67 bits per heavy atom. The minimum atomic E-state index is -0.204. The number of ketones is 1. The Morgan fingerprint density at radius 3 is 2.33 bits per heavy atom. The molecule has 0 unspecified atom stereocenters. The number of hydrogen-bond donors (Lipinski definition) is 0. The number of ether oxygens (including phenoxy) is 3. The second-order valence-electron chi connectivity index (χ2n) is 6.06. The summed E-state index contributed by atoms with van der Waals surface area (Å²) < 4.78 is 21.7. The first kappa shape index (κ1) is 22.1. The van der Waals surface area contributed by atoms with Crippen LogP contribution >= 0.6 is 34.8 Å². The molecule has 0 bridgehead atoms. The zero-order chi connectivity index (χ0) is 21.7. The minimum absolute atomic E-state index is 0.110. The first-order valence-corrected chi connectivity index (χ1v) is 9.85. The number of carbonyl (C=O) groups is 1. The Kier molecular flexibility index (Phi) is 7.32. The topological polar surface area (TPSA) is 57.9 Å². The van der Waals surface area contributed by atoms with Crippen molar-refractivity contribution in [3.63, 3.8) is 0 Å². The lowest BCUT2D eigenvalue weighted by molar-refractivity contribution is 0.104. The molecule has 3 rings (SSSR count). The summed E-state index contributed by atoms with van der Waals surface area (Å²) in [5.41, 5.74) is 0.464. The maximum Gasteiger partial charge on any atom is 0.186 e. The molecule has 0 aliphatic rings. The van der Waals surface area contributed by atoms with Gasteiger partial charge >= 0.3 is 0 Å². The minimum Gasteiger partial charge on any atom is -0.493 e. The fraction of sp³-hybridized carbons (Fsp3) is 0.136. The number of carbonyl (C=O) groups excluding carboxylic acids is 1. The van der Waals surface area contributed by atoms with Gasteiger partial charge in [-0.1, -0.05) is 34.8 Å². The summed E-state index contributed by atoms with van der Waals surface area (Å²) in [6.07, 6.45) is 2.99. The van der Waals surface area contributed by atoms with Crippen molar-refractivity contribution in [2.45, 2.75) is 6.61 Å². The summed E-state index contributed by atoms with van der Waals surface area (Å²) in [6, 6.07) is 11.5. The van der Waals surface area contributed by atoms with Crippen LogP contribution in [0, 0.1) is 0 Å². The van der Waals surface area contributed by atoms with Gasteiger partial charge in [-0.05, 0) is 54.6 Å². The second kappa shape index (κ2) is 9.94. The molecule has 1 heterocycles. The molecule has 0 fully saturated rings. The molecule has 5 nitrogen and oxygen atoms in total. The van der Waals surface area contributed by atoms with Gasteiger partial charge in [0, 0.05) is 10.6 Å². The first-order valence-electron chi connectivity index (χ1n) is 8.71. The van der Waals surface area contributed by atoms with Gasteiger partial charge in [-0.25, -0.2) is 0 Å². The van der Waals surface area contributed by atoms with Crippen LogP contribution in [0.25, 0.3) is 6.08 Å². The van der Waals surface area contributed by atoms with E-state index in [4.69, 9.17) is 53.4 Å². The second-order valence-corrected chi connectivity index (χ2v) is 7.31. The van der Waals surface area contributed by atoms with E-state index < -0.39 is 0 Å². The molecule has 0 saturated heterocycles. The van der Waals surface area contributed by atoms with E-state index in [0.29, 0.717) is 49.4 Å². The van der Waals surface area contributed by atoms with Crippen molar-refractivity contribution < 1.29 is 23.4 Å². The lowest BCUT2D eigenvalue weighted by atomic mass is 10.1. The monoisotopic (exact) mass is 466 g/mol. The summed E-state index contributed by atoms with van der Waals surface area (Å²) in [4.78, 5) is 12.4. The van der Waals surface area contributed by atoms with Gasteiger partial charge in [0.25, 0.3) is 0 Å². The van der Waals surface area contributed by atoms with Crippen molar-refractivity contribution in [1.29, 1.82) is 0 Å². The zero-order valence-electron chi connectivity index (χ0n) is 16.1. The Hall–Kier alpha value is -2.60. The van der Waals surface area contributed by atoms with E-state index in [1.807, 2.05) is 0 Å². The van der Waals surface area contributed by atoms with E-state index in [1.54, 1.807) is 48.5 Å². The number of rotatable bonds is 8. The smallest absolute Gasteiger partial charge is 0.186 e. The molecule has 0 aliphatic carbocycles. The molecule has 0 spiro atoms. The predicted molar refractivity (Wildman–Crippen MR) is 117 cm³/mol. The van der Waals surface area contributed by atoms with Crippen LogP contribution < -0.4 is 14.2 Å². The average molecular weight is 468 g/mol. The van der Waals surface area contributed by atoms with Crippen molar-refractivity contribution in [3.8, 4) is 17.2 Å². The number of hydrogen-bond acceptors (Lipinski definition) is 5. The summed E-state index contributed by atoms with van der Waals surface area (Å²) in [5.74, 6) is 2.18. The Morgan fingerprint density at radius 1 is 0.967 bits per heavy atom. The van der Waals surface area contributed by atoms with E-state index in [0.717, 1.165) is 0 Å². The molecule has 30 heavy (non-hydrogen) atoms. The van der Waals surface area contributed by atoms with E-state index >= 15 is 0 Å². The van der Waals surface area contributed by atoms with Crippen LogP contribution in [0.15, 0.2) is 53.0 Å². The highest BCUT2D eigenvalue weighted by molar-refractivity contribution is 6.40. The molecule has 0 N–H and O–H groups in total. The largest absolute Gasteiger partial charge is 0.493 e. The van der Waals surface area contributed by atoms with Crippen LogP contribution in [0.3, 0.4) is 0 Å². The average Bonchev–Trinajstić information content (AvgIpc) is 3.18. The lowest BCUT2D eigenvalue weighted by Crippen LogP contribution is -1.97. The SMILES string of the molecule is COc1ccc(C(=O)/C=C/c2ccc(COc3c(Cl)cc(Cl)cc3Cl)o2)cc1OC.